The molecule has 2 aliphatic heterocycles. The number of nitrogens with one attached hydrogen (secondary N) is 1. The lowest BCUT2D eigenvalue weighted by atomic mass is 10.1. The smallest absolute Gasteiger partial charge is 0.341 e. The van der Waals surface area contributed by atoms with E-state index >= 15 is 0 Å². The van der Waals surface area contributed by atoms with E-state index in [4.69, 9.17) is 9.26 Å². The fourth-order valence-electron chi connectivity index (χ4n) is 2.80. The van der Waals surface area contributed by atoms with Gasteiger partial charge in [-0.25, -0.2) is 9.89 Å². The van der Waals surface area contributed by atoms with Crippen LogP contribution in [-0.4, -0.2) is 38.0 Å². The maximum atomic E-state index is 12.0. The van der Waals surface area contributed by atoms with Gasteiger partial charge in [-0.05, 0) is 5.56 Å². The van der Waals surface area contributed by atoms with E-state index in [1.807, 2.05) is 30.3 Å². The van der Waals surface area contributed by atoms with Crippen LogP contribution in [0.15, 0.2) is 52.0 Å². The van der Waals surface area contributed by atoms with Crippen LogP contribution in [0.2, 0.25) is 0 Å². The van der Waals surface area contributed by atoms with Gasteiger partial charge in [0, 0.05) is 18.8 Å². The van der Waals surface area contributed by atoms with Crippen molar-refractivity contribution in [2.45, 2.75) is 13.0 Å². The van der Waals surface area contributed by atoms with Crippen molar-refractivity contribution in [3.8, 4) is 11.3 Å². The highest BCUT2D eigenvalue weighted by Gasteiger charge is 2.22. The Bertz CT molecular complexity index is 1110. The molecular formula is C18H15N5O4. The Morgan fingerprint density at radius 3 is 2.85 bits per heavy atom. The zero-order valence-electron chi connectivity index (χ0n) is 14.4. The van der Waals surface area contributed by atoms with Crippen LogP contribution >= 0.6 is 0 Å². The number of carbonyl (C=O) groups is 1. The third kappa shape index (κ3) is 3.34. The number of aromatic amines is 1. The van der Waals surface area contributed by atoms with E-state index in [9.17, 15) is 9.59 Å². The number of hydrogen-bond acceptors (Lipinski definition) is 7. The number of nitrogens with zero attached hydrogens (tertiary/aromatic N) is 4. The largest absolute Gasteiger partial charge is 0.465 e. The van der Waals surface area contributed by atoms with Crippen molar-refractivity contribution in [3.05, 3.63) is 75.9 Å². The van der Waals surface area contributed by atoms with Crippen LogP contribution in [0, 0.1) is 0 Å². The summed E-state index contributed by atoms with van der Waals surface area (Å²) in [6.07, 6.45) is 3.66. The Balaban J connectivity index is 1.62. The Kier molecular flexibility index (Phi) is 4.25. The minimum atomic E-state index is -0.587. The van der Waals surface area contributed by atoms with Gasteiger partial charge >= 0.3 is 5.97 Å². The molecule has 0 amide bonds. The molecule has 0 fully saturated rings. The van der Waals surface area contributed by atoms with E-state index in [0.717, 1.165) is 5.56 Å². The molecule has 0 unspecified atom stereocenters. The second-order valence-electron chi connectivity index (χ2n) is 5.92. The predicted molar refractivity (Wildman–Crippen MR) is 93.5 cm³/mol. The van der Waals surface area contributed by atoms with Crippen LogP contribution in [0.4, 0.5) is 0 Å². The quantitative estimate of drug-likeness (QED) is 0.533. The number of fused-ring (bicyclic) bond motifs is 1. The summed E-state index contributed by atoms with van der Waals surface area (Å²) in [6.45, 7) is 0.201. The third-order valence-electron chi connectivity index (χ3n) is 4.05. The summed E-state index contributed by atoms with van der Waals surface area (Å²) in [5, 5.41) is 10.2. The monoisotopic (exact) mass is 365 g/mol. The molecule has 27 heavy (non-hydrogen) atoms. The van der Waals surface area contributed by atoms with Crippen molar-refractivity contribution in [1.29, 1.82) is 0 Å². The average molecular weight is 365 g/mol. The zero-order chi connectivity index (χ0) is 18.8. The van der Waals surface area contributed by atoms with Crippen molar-refractivity contribution in [2.75, 3.05) is 7.11 Å². The van der Waals surface area contributed by atoms with E-state index < -0.39 is 5.97 Å². The van der Waals surface area contributed by atoms with Gasteiger partial charge in [-0.15, -0.1) is 0 Å². The average Bonchev–Trinajstić information content (AvgIpc) is 3.28. The molecule has 0 spiro atoms. The molecule has 9 heteroatoms. The Morgan fingerprint density at radius 1 is 1.26 bits per heavy atom. The molecule has 2 aliphatic rings. The van der Waals surface area contributed by atoms with Gasteiger partial charge in [0.2, 0.25) is 5.89 Å². The molecule has 1 N–H and O–H groups in total. The highest BCUT2D eigenvalue weighted by atomic mass is 16.5. The summed E-state index contributed by atoms with van der Waals surface area (Å²) in [4.78, 5) is 28.3. The molecule has 2 aromatic rings. The minimum Gasteiger partial charge on any atom is -0.465 e. The molecule has 0 atom stereocenters. The third-order valence-corrected chi connectivity index (χ3v) is 4.05. The molecule has 1 aromatic heterocycles. The fraction of sp³-hybridized carbons (Fsp3) is 0.167. The first-order valence-electron chi connectivity index (χ1n) is 8.16. The molecule has 0 bridgehead atoms. The first-order chi connectivity index (χ1) is 13.1. The number of hydrogen-bond donors (Lipinski definition) is 1. The zero-order valence-corrected chi connectivity index (χ0v) is 14.4. The highest BCUT2D eigenvalue weighted by molar-refractivity contribution is 5.95. The lowest BCUT2D eigenvalue weighted by Crippen LogP contribution is -2.12. The van der Waals surface area contributed by atoms with Crippen molar-refractivity contribution >= 4 is 5.97 Å². The molecule has 3 heterocycles. The van der Waals surface area contributed by atoms with Gasteiger partial charge < -0.3 is 13.8 Å². The van der Waals surface area contributed by atoms with E-state index in [1.54, 1.807) is 10.8 Å². The maximum absolute atomic E-state index is 12.0. The number of aromatic nitrogens is 5. The van der Waals surface area contributed by atoms with Crippen molar-refractivity contribution < 1.29 is 14.1 Å². The summed E-state index contributed by atoms with van der Waals surface area (Å²) in [5.74, 6) is 0.326. The van der Waals surface area contributed by atoms with E-state index in [0.29, 0.717) is 18.1 Å². The number of esters is 1. The van der Waals surface area contributed by atoms with Crippen molar-refractivity contribution in [1.82, 2.24) is 24.9 Å². The van der Waals surface area contributed by atoms with Gasteiger partial charge in [0.05, 0.1) is 12.7 Å². The van der Waals surface area contributed by atoms with Crippen molar-refractivity contribution in [2.24, 2.45) is 0 Å². The van der Waals surface area contributed by atoms with Gasteiger partial charge in [-0.2, -0.15) is 10.1 Å². The van der Waals surface area contributed by atoms with Crippen LogP contribution in [0.3, 0.4) is 0 Å². The first-order valence-corrected chi connectivity index (χ1v) is 8.16. The minimum absolute atomic E-state index is 0.178. The van der Waals surface area contributed by atoms with E-state index in [2.05, 4.69) is 20.3 Å². The molecule has 1 aromatic carbocycles. The standard InChI is InChI=1S/C18H15N5O4/c1-26-18(25)13-9-23(8-12-16(13)20-21-17(12)24)10-15-19-14(22-27-15)7-11-5-3-2-4-6-11/h2-6,8-9H,7,10H2,1H3,(H,21,24). The van der Waals surface area contributed by atoms with Gasteiger partial charge in [0.1, 0.15) is 17.8 Å². The summed E-state index contributed by atoms with van der Waals surface area (Å²) in [5.41, 5.74) is 1.40. The number of methoxy groups -OCH3 is 1. The van der Waals surface area contributed by atoms with Gasteiger partial charge in [0.25, 0.3) is 5.56 Å². The predicted octanol–water partition coefficient (Wildman–Crippen LogP) is 1.48. The van der Waals surface area contributed by atoms with Crippen LogP contribution in [0.5, 0.6) is 0 Å². The molecule has 136 valence electrons. The van der Waals surface area contributed by atoms with Crippen molar-refractivity contribution in [3.63, 3.8) is 0 Å². The topological polar surface area (TPSA) is 116 Å². The molecule has 0 saturated carbocycles. The molecule has 9 nitrogen and oxygen atoms in total. The molecule has 0 saturated heterocycles. The lowest BCUT2D eigenvalue weighted by molar-refractivity contribution is 0.0600. The molecular weight excluding hydrogens is 350 g/mol. The van der Waals surface area contributed by atoms with Gasteiger partial charge in [-0.3, -0.25) is 4.79 Å². The molecule has 0 radical (unpaired) electrons. The summed E-state index contributed by atoms with van der Waals surface area (Å²) >= 11 is 0. The SMILES string of the molecule is COC(=O)c1cn(Cc2nc(Cc3ccccc3)no2)cc2c(=O)[nH]nc1-2. The summed E-state index contributed by atoms with van der Waals surface area (Å²) in [6, 6.07) is 9.80. The lowest BCUT2D eigenvalue weighted by Gasteiger charge is -2.09. The molecule has 0 aliphatic carbocycles. The number of rotatable bonds is 5. The van der Waals surface area contributed by atoms with Crippen LogP contribution in [-0.2, 0) is 17.7 Å². The summed E-state index contributed by atoms with van der Waals surface area (Å²) in [7, 11) is 1.27. The Labute approximate surface area is 152 Å². The second kappa shape index (κ2) is 6.87. The normalized spacial score (nSPS) is 11.0. The van der Waals surface area contributed by atoms with Crippen LogP contribution < -0.4 is 5.56 Å². The van der Waals surface area contributed by atoms with Crippen LogP contribution in [0.1, 0.15) is 27.6 Å². The second-order valence-corrected chi connectivity index (χ2v) is 5.92. The van der Waals surface area contributed by atoms with E-state index in [1.165, 1.54) is 13.3 Å². The number of benzene rings is 1. The van der Waals surface area contributed by atoms with Crippen LogP contribution in [0.25, 0.3) is 11.3 Å². The first kappa shape index (κ1) is 16.7. The van der Waals surface area contributed by atoms with Gasteiger partial charge in [0.15, 0.2) is 5.82 Å². The van der Waals surface area contributed by atoms with Gasteiger partial charge in [-0.1, -0.05) is 35.5 Å². The number of H-pyrrole nitrogens is 1. The highest BCUT2D eigenvalue weighted by Crippen LogP contribution is 2.21. The Hall–Kier alpha value is -3.75. The number of carbonyl (C=O) groups excluding carboxylic acids is 1. The number of pyridine rings is 1. The summed E-state index contributed by atoms with van der Waals surface area (Å²) < 4.78 is 11.7. The molecule has 4 rings (SSSR count). The number of ether oxygens (including phenoxy) is 1. The fourth-order valence-corrected chi connectivity index (χ4v) is 2.80. The van der Waals surface area contributed by atoms with E-state index in [-0.39, 0.29) is 28.9 Å². The Morgan fingerprint density at radius 2 is 2.07 bits per heavy atom. The maximum Gasteiger partial charge on any atom is 0.341 e.